The predicted octanol–water partition coefficient (Wildman–Crippen LogP) is 2.49. The number of rotatable bonds is 4. The van der Waals surface area contributed by atoms with E-state index in [1.807, 2.05) is 36.7 Å². The maximum atomic E-state index is 12.2. The first-order chi connectivity index (χ1) is 9.02. The minimum atomic E-state index is -0.705. The lowest BCUT2D eigenvalue weighted by Crippen LogP contribution is -2.44. The van der Waals surface area contributed by atoms with Crippen molar-refractivity contribution >= 4 is 5.91 Å². The highest BCUT2D eigenvalue weighted by Crippen LogP contribution is 2.27. The highest BCUT2D eigenvalue weighted by atomic mass is 16.3. The molecule has 19 heavy (non-hydrogen) atoms. The molecule has 1 aromatic heterocycles. The monoisotopic (exact) mass is 264 g/mol. The molecule has 1 amide bonds. The molecule has 1 saturated carbocycles. The molecule has 0 radical (unpaired) electrons. The maximum absolute atomic E-state index is 12.2. The average molecular weight is 264 g/mol. The third-order valence-electron chi connectivity index (χ3n) is 3.93. The molecule has 0 unspecified atom stereocenters. The molecule has 0 spiro atoms. The molecule has 0 aromatic carbocycles. The zero-order chi connectivity index (χ0) is 13.9. The summed E-state index contributed by atoms with van der Waals surface area (Å²) in [6.45, 7) is 4.45. The summed E-state index contributed by atoms with van der Waals surface area (Å²) in [4.78, 5) is 12.2. The number of nitrogens with zero attached hydrogens (tertiary/aromatic N) is 1. The summed E-state index contributed by atoms with van der Waals surface area (Å²) in [5.74, 6) is -0.0994. The van der Waals surface area contributed by atoms with Crippen LogP contribution in [0.1, 0.15) is 62.5 Å². The Morgan fingerprint density at radius 3 is 2.74 bits per heavy atom. The minimum absolute atomic E-state index is 0.0994. The SMILES string of the molecule is CC(C)n1cccc1C(=O)NCC1(O)CCCCC1. The summed E-state index contributed by atoms with van der Waals surface area (Å²) in [7, 11) is 0. The summed E-state index contributed by atoms with van der Waals surface area (Å²) in [6, 6.07) is 3.96. The first kappa shape index (κ1) is 14.1. The van der Waals surface area contributed by atoms with E-state index in [1.165, 1.54) is 6.42 Å². The molecule has 4 nitrogen and oxygen atoms in total. The number of hydrogen-bond donors (Lipinski definition) is 2. The second-order valence-electron chi connectivity index (χ2n) is 5.86. The molecule has 1 aliphatic rings. The summed E-state index contributed by atoms with van der Waals surface area (Å²) >= 11 is 0. The quantitative estimate of drug-likeness (QED) is 0.878. The predicted molar refractivity (Wildman–Crippen MR) is 75.2 cm³/mol. The summed E-state index contributed by atoms with van der Waals surface area (Å²) in [5.41, 5.74) is -0.0437. The molecule has 1 fully saturated rings. The van der Waals surface area contributed by atoms with Gasteiger partial charge in [0.25, 0.3) is 5.91 Å². The molecule has 1 aliphatic carbocycles. The highest BCUT2D eigenvalue weighted by Gasteiger charge is 2.29. The van der Waals surface area contributed by atoms with Gasteiger partial charge in [-0.2, -0.15) is 0 Å². The summed E-state index contributed by atoms with van der Waals surface area (Å²) < 4.78 is 1.94. The Morgan fingerprint density at radius 1 is 1.42 bits per heavy atom. The van der Waals surface area contributed by atoms with Gasteiger partial charge < -0.3 is 15.0 Å². The van der Waals surface area contributed by atoms with Crippen LogP contribution in [0.15, 0.2) is 18.3 Å². The van der Waals surface area contributed by atoms with Gasteiger partial charge in [-0.05, 0) is 38.8 Å². The molecule has 106 valence electrons. The van der Waals surface area contributed by atoms with Crippen molar-refractivity contribution in [3.63, 3.8) is 0 Å². The van der Waals surface area contributed by atoms with E-state index < -0.39 is 5.60 Å². The van der Waals surface area contributed by atoms with E-state index >= 15 is 0 Å². The molecule has 4 heteroatoms. The highest BCUT2D eigenvalue weighted by molar-refractivity contribution is 5.92. The molecule has 0 aliphatic heterocycles. The van der Waals surface area contributed by atoms with Crippen LogP contribution >= 0.6 is 0 Å². The van der Waals surface area contributed by atoms with Crippen molar-refractivity contribution in [1.82, 2.24) is 9.88 Å². The van der Waals surface area contributed by atoms with Gasteiger partial charge in [0.05, 0.1) is 5.60 Å². The third-order valence-corrected chi connectivity index (χ3v) is 3.93. The smallest absolute Gasteiger partial charge is 0.268 e. The van der Waals surface area contributed by atoms with Gasteiger partial charge in [0.2, 0.25) is 0 Å². The fraction of sp³-hybridized carbons (Fsp3) is 0.667. The van der Waals surface area contributed by atoms with Crippen LogP contribution in [-0.2, 0) is 0 Å². The van der Waals surface area contributed by atoms with Gasteiger partial charge >= 0.3 is 0 Å². The number of aromatic nitrogens is 1. The molecule has 2 rings (SSSR count). The third kappa shape index (κ3) is 3.38. The topological polar surface area (TPSA) is 54.3 Å². The van der Waals surface area contributed by atoms with Crippen LogP contribution in [0.25, 0.3) is 0 Å². The van der Waals surface area contributed by atoms with Gasteiger partial charge in [0.15, 0.2) is 0 Å². The molecule has 1 heterocycles. The molecule has 0 saturated heterocycles. The van der Waals surface area contributed by atoms with Crippen molar-refractivity contribution in [2.24, 2.45) is 0 Å². The average Bonchev–Trinajstić information content (AvgIpc) is 2.86. The van der Waals surface area contributed by atoms with Crippen molar-refractivity contribution in [2.45, 2.75) is 57.6 Å². The molecular weight excluding hydrogens is 240 g/mol. The molecule has 1 aromatic rings. The fourth-order valence-electron chi connectivity index (χ4n) is 2.76. The Kier molecular flexibility index (Phi) is 4.30. The first-order valence-corrected chi connectivity index (χ1v) is 7.19. The zero-order valence-corrected chi connectivity index (χ0v) is 11.9. The zero-order valence-electron chi connectivity index (χ0n) is 11.9. The number of hydrogen-bond acceptors (Lipinski definition) is 2. The maximum Gasteiger partial charge on any atom is 0.268 e. The van der Waals surface area contributed by atoms with Crippen LogP contribution in [0, 0.1) is 0 Å². The molecule has 2 N–H and O–H groups in total. The van der Waals surface area contributed by atoms with Crippen LogP contribution in [0.3, 0.4) is 0 Å². The van der Waals surface area contributed by atoms with E-state index in [0.29, 0.717) is 12.2 Å². The van der Waals surface area contributed by atoms with Crippen molar-refractivity contribution in [3.8, 4) is 0 Å². The van der Waals surface area contributed by atoms with Crippen LogP contribution in [-0.4, -0.2) is 27.7 Å². The van der Waals surface area contributed by atoms with Gasteiger partial charge in [-0.15, -0.1) is 0 Å². The van der Waals surface area contributed by atoms with E-state index in [0.717, 1.165) is 25.7 Å². The van der Waals surface area contributed by atoms with Crippen LogP contribution in [0.2, 0.25) is 0 Å². The van der Waals surface area contributed by atoms with E-state index in [4.69, 9.17) is 0 Å². The standard InChI is InChI=1S/C15H24N2O2/c1-12(2)17-10-6-7-13(17)14(18)16-11-15(19)8-4-3-5-9-15/h6-7,10,12,19H,3-5,8-9,11H2,1-2H3,(H,16,18). The van der Waals surface area contributed by atoms with Gasteiger partial charge in [-0.3, -0.25) is 4.79 Å². The van der Waals surface area contributed by atoms with E-state index in [1.54, 1.807) is 0 Å². The second-order valence-corrected chi connectivity index (χ2v) is 5.86. The van der Waals surface area contributed by atoms with Crippen molar-refractivity contribution in [3.05, 3.63) is 24.0 Å². The lowest BCUT2D eigenvalue weighted by Gasteiger charge is -2.32. The number of carbonyl (C=O) groups excluding carboxylic acids is 1. The van der Waals surface area contributed by atoms with E-state index in [2.05, 4.69) is 5.32 Å². The molecular formula is C15H24N2O2. The van der Waals surface area contributed by atoms with Gasteiger partial charge in [0, 0.05) is 18.8 Å². The Balaban J connectivity index is 1.95. The first-order valence-electron chi connectivity index (χ1n) is 7.19. The number of nitrogens with one attached hydrogen (secondary N) is 1. The lowest BCUT2D eigenvalue weighted by molar-refractivity contribution is 0.00516. The van der Waals surface area contributed by atoms with E-state index in [9.17, 15) is 9.90 Å². The van der Waals surface area contributed by atoms with Crippen molar-refractivity contribution in [2.75, 3.05) is 6.54 Å². The Labute approximate surface area is 114 Å². The lowest BCUT2D eigenvalue weighted by atomic mass is 9.85. The molecule has 0 bridgehead atoms. The van der Waals surface area contributed by atoms with Gasteiger partial charge in [-0.1, -0.05) is 19.3 Å². The van der Waals surface area contributed by atoms with E-state index in [-0.39, 0.29) is 11.9 Å². The van der Waals surface area contributed by atoms with Crippen molar-refractivity contribution in [1.29, 1.82) is 0 Å². The minimum Gasteiger partial charge on any atom is -0.388 e. The Morgan fingerprint density at radius 2 is 2.11 bits per heavy atom. The van der Waals surface area contributed by atoms with Crippen LogP contribution < -0.4 is 5.32 Å². The largest absolute Gasteiger partial charge is 0.388 e. The number of aliphatic hydroxyl groups is 1. The van der Waals surface area contributed by atoms with Crippen LogP contribution in [0.5, 0.6) is 0 Å². The molecule has 0 atom stereocenters. The fourth-order valence-corrected chi connectivity index (χ4v) is 2.76. The van der Waals surface area contributed by atoms with Gasteiger partial charge in [0.1, 0.15) is 5.69 Å². The summed E-state index contributed by atoms with van der Waals surface area (Å²) in [5, 5.41) is 13.3. The Hall–Kier alpha value is -1.29. The second kappa shape index (κ2) is 5.78. The number of amides is 1. The Bertz CT molecular complexity index is 431. The van der Waals surface area contributed by atoms with Gasteiger partial charge in [-0.25, -0.2) is 0 Å². The normalized spacial score (nSPS) is 18.5. The van der Waals surface area contributed by atoms with Crippen molar-refractivity contribution < 1.29 is 9.90 Å². The number of carbonyl (C=O) groups is 1. The summed E-state index contributed by atoms with van der Waals surface area (Å²) in [6.07, 6.45) is 6.78. The van der Waals surface area contributed by atoms with Crippen LogP contribution in [0.4, 0.5) is 0 Å².